The van der Waals surface area contributed by atoms with Crippen molar-refractivity contribution in [3.63, 3.8) is 0 Å². The summed E-state index contributed by atoms with van der Waals surface area (Å²) in [5.74, 6) is 2.35. The minimum atomic E-state index is 0.102. The quantitative estimate of drug-likeness (QED) is 0.900. The molecule has 2 heterocycles. The predicted molar refractivity (Wildman–Crippen MR) is 94.3 cm³/mol. The molecule has 3 rings (SSSR count). The molecule has 0 aromatic heterocycles. The maximum absolute atomic E-state index is 12.8. The van der Waals surface area contributed by atoms with Crippen LogP contribution in [0, 0.1) is 5.92 Å². The Morgan fingerprint density at radius 3 is 2.88 bits per heavy atom. The normalized spacial score (nSPS) is 17.8. The van der Waals surface area contributed by atoms with E-state index in [1.165, 1.54) is 0 Å². The number of methoxy groups -OCH3 is 1. The van der Waals surface area contributed by atoms with Crippen molar-refractivity contribution in [1.29, 1.82) is 0 Å². The second kappa shape index (κ2) is 7.71. The fraction of sp³-hybridized carbons (Fsp3) is 0.526. The standard InChI is InChI=1S/C19H26N2O3/c1-3-20-12-14-6-8-21(9-7-14)19(22)16-10-15-11-17(23-2)4-5-18(15)24-13-16/h4-5,10-11,14,20H,3,6-9,12-13H2,1-2H3. The molecule has 5 heteroatoms. The Balaban J connectivity index is 1.64. The molecule has 1 aromatic rings. The lowest BCUT2D eigenvalue weighted by atomic mass is 9.96. The second-order valence-corrected chi connectivity index (χ2v) is 6.41. The molecule has 0 aliphatic carbocycles. The van der Waals surface area contributed by atoms with Crippen LogP contribution in [0.4, 0.5) is 0 Å². The van der Waals surface area contributed by atoms with Gasteiger partial charge in [0.2, 0.25) is 0 Å². The molecule has 0 atom stereocenters. The average molecular weight is 330 g/mol. The molecule has 1 fully saturated rings. The van der Waals surface area contributed by atoms with E-state index >= 15 is 0 Å². The molecule has 24 heavy (non-hydrogen) atoms. The van der Waals surface area contributed by atoms with E-state index in [2.05, 4.69) is 12.2 Å². The molecule has 0 saturated carbocycles. The number of ether oxygens (including phenoxy) is 2. The highest BCUT2D eigenvalue weighted by Gasteiger charge is 2.26. The Kier molecular flexibility index (Phi) is 5.41. The van der Waals surface area contributed by atoms with Crippen LogP contribution in [0.5, 0.6) is 11.5 Å². The van der Waals surface area contributed by atoms with Crippen LogP contribution in [-0.2, 0) is 4.79 Å². The van der Waals surface area contributed by atoms with Gasteiger partial charge in [-0.3, -0.25) is 4.79 Å². The molecule has 0 bridgehead atoms. The molecule has 0 unspecified atom stereocenters. The molecule has 0 radical (unpaired) electrons. The number of likely N-dealkylation sites (tertiary alicyclic amines) is 1. The zero-order valence-corrected chi connectivity index (χ0v) is 14.5. The zero-order valence-electron chi connectivity index (χ0n) is 14.5. The summed E-state index contributed by atoms with van der Waals surface area (Å²) < 4.78 is 11.0. The van der Waals surface area contributed by atoms with Crippen molar-refractivity contribution in [2.24, 2.45) is 5.92 Å². The van der Waals surface area contributed by atoms with E-state index in [-0.39, 0.29) is 5.91 Å². The topological polar surface area (TPSA) is 50.8 Å². The Labute approximate surface area is 143 Å². The number of hydrogen-bond acceptors (Lipinski definition) is 4. The number of piperidine rings is 1. The number of rotatable bonds is 5. The van der Waals surface area contributed by atoms with Gasteiger partial charge >= 0.3 is 0 Å². The number of benzene rings is 1. The summed E-state index contributed by atoms with van der Waals surface area (Å²) in [7, 11) is 1.64. The minimum Gasteiger partial charge on any atom is -0.497 e. The lowest BCUT2D eigenvalue weighted by Gasteiger charge is -2.33. The average Bonchev–Trinajstić information content (AvgIpc) is 2.65. The van der Waals surface area contributed by atoms with Crippen LogP contribution < -0.4 is 14.8 Å². The van der Waals surface area contributed by atoms with Crippen molar-refractivity contribution in [1.82, 2.24) is 10.2 Å². The predicted octanol–water partition coefficient (Wildman–Crippen LogP) is 2.32. The summed E-state index contributed by atoms with van der Waals surface area (Å²) in [6.07, 6.45) is 4.07. The number of nitrogens with zero attached hydrogens (tertiary/aromatic N) is 1. The van der Waals surface area contributed by atoms with Crippen molar-refractivity contribution in [2.75, 3.05) is 39.9 Å². The molecule has 0 spiro atoms. The molecule has 5 nitrogen and oxygen atoms in total. The van der Waals surface area contributed by atoms with Crippen LogP contribution in [0.3, 0.4) is 0 Å². The molecule has 1 amide bonds. The number of nitrogens with one attached hydrogen (secondary N) is 1. The molecule has 130 valence electrons. The van der Waals surface area contributed by atoms with E-state index in [0.717, 1.165) is 61.7 Å². The van der Waals surface area contributed by atoms with Gasteiger partial charge in [0, 0.05) is 18.7 Å². The summed E-state index contributed by atoms with van der Waals surface area (Å²) in [4.78, 5) is 14.7. The number of amides is 1. The van der Waals surface area contributed by atoms with Crippen LogP contribution >= 0.6 is 0 Å². The van der Waals surface area contributed by atoms with E-state index in [1.807, 2.05) is 29.2 Å². The molecular weight excluding hydrogens is 304 g/mol. The monoisotopic (exact) mass is 330 g/mol. The lowest BCUT2D eigenvalue weighted by Crippen LogP contribution is -2.42. The molecular formula is C19H26N2O3. The fourth-order valence-electron chi connectivity index (χ4n) is 3.30. The number of fused-ring (bicyclic) bond motifs is 1. The van der Waals surface area contributed by atoms with Crippen LogP contribution in [0.1, 0.15) is 25.3 Å². The van der Waals surface area contributed by atoms with E-state index < -0.39 is 0 Å². The molecule has 1 N–H and O–H groups in total. The van der Waals surface area contributed by atoms with Crippen molar-refractivity contribution < 1.29 is 14.3 Å². The van der Waals surface area contributed by atoms with E-state index in [1.54, 1.807) is 7.11 Å². The molecule has 1 aromatic carbocycles. The van der Waals surface area contributed by atoms with Gasteiger partial charge < -0.3 is 19.7 Å². The van der Waals surface area contributed by atoms with Gasteiger partial charge in [-0.25, -0.2) is 0 Å². The summed E-state index contributed by atoms with van der Waals surface area (Å²) in [5.41, 5.74) is 1.63. The third kappa shape index (κ3) is 3.73. The number of hydrogen-bond donors (Lipinski definition) is 1. The van der Waals surface area contributed by atoms with Gasteiger partial charge in [-0.15, -0.1) is 0 Å². The molecule has 2 aliphatic rings. The first kappa shape index (κ1) is 16.8. The number of carbonyl (C=O) groups excluding carboxylic acids is 1. The van der Waals surface area contributed by atoms with Gasteiger partial charge in [0.05, 0.1) is 12.7 Å². The first-order chi connectivity index (χ1) is 11.7. The summed E-state index contributed by atoms with van der Waals surface area (Å²) >= 11 is 0. The van der Waals surface area contributed by atoms with Crippen molar-refractivity contribution in [2.45, 2.75) is 19.8 Å². The van der Waals surface area contributed by atoms with Crippen LogP contribution in [0.2, 0.25) is 0 Å². The van der Waals surface area contributed by atoms with Gasteiger partial charge in [0.15, 0.2) is 0 Å². The second-order valence-electron chi connectivity index (χ2n) is 6.41. The highest BCUT2D eigenvalue weighted by molar-refractivity contribution is 5.99. The Morgan fingerprint density at radius 2 is 2.17 bits per heavy atom. The smallest absolute Gasteiger partial charge is 0.253 e. The maximum atomic E-state index is 12.8. The Hall–Kier alpha value is -2.01. The van der Waals surface area contributed by atoms with Crippen molar-refractivity contribution >= 4 is 12.0 Å². The highest BCUT2D eigenvalue weighted by Crippen LogP contribution is 2.31. The van der Waals surface area contributed by atoms with Gasteiger partial charge in [0.1, 0.15) is 18.1 Å². The van der Waals surface area contributed by atoms with Crippen LogP contribution in [0.15, 0.2) is 23.8 Å². The van der Waals surface area contributed by atoms with Crippen LogP contribution in [-0.4, -0.2) is 50.7 Å². The Bertz CT molecular complexity index is 619. The van der Waals surface area contributed by atoms with Crippen molar-refractivity contribution in [3.8, 4) is 11.5 Å². The third-order valence-electron chi connectivity index (χ3n) is 4.79. The number of carbonyl (C=O) groups is 1. The lowest BCUT2D eigenvalue weighted by molar-refractivity contribution is -0.128. The molecule has 1 saturated heterocycles. The summed E-state index contributed by atoms with van der Waals surface area (Å²) in [6.45, 7) is 6.19. The summed E-state index contributed by atoms with van der Waals surface area (Å²) in [6, 6.07) is 5.66. The van der Waals surface area contributed by atoms with Gasteiger partial charge in [-0.2, -0.15) is 0 Å². The van der Waals surface area contributed by atoms with E-state index in [4.69, 9.17) is 9.47 Å². The first-order valence-corrected chi connectivity index (χ1v) is 8.72. The van der Waals surface area contributed by atoms with E-state index in [9.17, 15) is 4.79 Å². The zero-order chi connectivity index (χ0) is 16.9. The molecule has 2 aliphatic heterocycles. The first-order valence-electron chi connectivity index (χ1n) is 8.72. The SMILES string of the molecule is CCNCC1CCN(C(=O)C2=Cc3cc(OC)ccc3OC2)CC1. The fourth-order valence-corrected chi connectivity index (χ4v) is 3.30. The highest BCUT2D eigenvalue weighted by atomic mass is 16.5. The van der Waals surface area contributed by atoms with Gasteiger partial charge in [0.25, 0.3) is 5.91 Å². The summed E-state index contributed by atoms with van der Waals surface area (Å²) in [5, 5.41) is 3.40. The van der Waals surface area contributed by atoms with E-state index in [0.29, 0.717) is 12.5 Å². The third-order valence-corrected chi connectivity index (χ3v) is 4.79. The van der Waals surface area contributed by atoms with Gasteiger partial charge in [-0.1, -0.05) is 6.92 Å². The largest absolute Gasteiger partial charge is 0.497 e. The Morgan fingerprint density at radius 1 is 1.38 bits per heavy atom. The van der Waals surface area contributed by atoms with Gasteiger partial charge in [-0.05, 0) is 56.1 Å². The van der Waals surface area contributed by atoms with Crippen LogP contribution in [0.25, 0.3) is 6.08 Å². The minimum absolute atomic E-state index is 0.102. The van der Waals surface area contributed by atoms with Crippen molar-refractivity contribution in [3.05, 3.63) is 29.3 Å². The maximum Gasteiger partial charge on any atom is 0.253 e.